The minimum atomic E-state index is -2.46. The summed E-state index contributed by atoms with van der Waals surface area (Å²) in [7, 11) is -2.46. The zero-order chi connectivity index (χ0) is 26.0. The molecule has 4 aromatic rings. The normalized spacial score (nSPS) is 10.7. The Hall–Kier alpha value is -2.95. The Bertz CT molecular complexity index is 1280. The van der Waals surface area contributed by atoms with Crippen LogP contribution in [-0.4, -0.2) is 34.4 Å². The van der Waals surface area contributed by atoms with Crippen molar-refractivity contribution in [1.82, 2.24) is 14.5 Å². The first-order valence-corrected chi connectivity index (χ1v) is 15.0. The van der Waals surface area contributed by atoms with Crippen molar-refractivity contribution in [1.29, 1.82) is 0 Å². The molecule has 6 nitrogen and oxygen atoms in total. The van der Waals surface area contributed by atoms with Crippen LogP contribution in [-0.2, 0) is 11.1 Å². The van der Waals surface area contributed by atoms with Crippen molar-refractivity contribution in [3.8, 4) is 11.3 Å². The van der Waals surface area contributed by atoms with Gasteiger partial charge in [-0.3, -0.25) is 0 Å². The van der Waals surface area contributed by atoms with Gasteiger partial charge in [0.15, 0.2) is 0 Å². The topological polar surface area (TPSA) is 85.8 Å². The van der Waals surface area contributed by atoms with E-state index in [9.17, 15) is 4.57 Å². The van der Waals surface area contributed by atoms with Gasteiger partial charge in [-0.1, -0.05) is 39.8 Å². The summed E-state index contributed by atoms with van der Waals surface area (Å²) in [6, 6.07) is 16.1. The van der Waals surface area contributed by atoms with E-state index in [0.29, 0.717) is 12.5 Å². The molecule has 0 aliphatic carbocycles. The van der Waals surface area contributed by atoms with Gasteiger partial charge in [-0.2, -0.15) is 0 Å². The predicted molar refractivity (Wildman–Crippen MR) is 153 cm³/mol. The molecule has 7 heteroatoms. The SMILES string of the molecule is CC.CC.Cc1cccc(Nc2nccc(-c3cc(P(C)(C)=O)cc4c3ccn4CCCN)n2)c1. The van der Waals surface area contributed by atoms with Crippen LogP contribution in [0.1, 0.15) is 39.7 Å². The fraction of sp³-hybridized carbons (Fsp3) is 0.357. The molecule has 0 atom stereocenters. The van der Waals surface area contributed by atoms with E-state index >= 15 is 0 Å². The van der Waals surface area contributed by atoms with Gasteiger partial charge in [-0.05, 0) is 75.2 Å². The number of nitrogens with zero attached hydrogens (tertiary/aromatic N) is 3. The van der Waals surface area contributed by atoms with Crippen LogP contribution in [0.2, 0.25) is 0 Å². The molecule has 0 radical (unpaired) electrons. The summed E-state index contributed by atoms with van der Waals surface area (Å²) in [6.45, 7) is 15.1. The summed E-state index contributed by atoms with van der Waals surface area (Å²) < 4.78 is 15.1. The van der Waals surface area contributed by atoms with Gasteiger partial charge >= 0.3 is 0 Å². The zero-order valence-corrected chi connectivity index (χ0v) is 23.1. The molecule has 0 aliphatic heterocycles. The lowest BCUT2D eigenvalue weighted by atomic mass is 10.1. The Kier molecular flexibility index (Phi) is 10.7. The van der Waals surface area contributed by atoms with Crippen molar-refractivity contribution >= 4 is 35.0 Å². The molecule has 2 heterocycles. The molecule has 4 rings (SSSR count). The number of benzene rings is 2. The smallest absolute Gasteiger partial charge is 0.227 e. The number of rotatable bonds is 7. The number of aromatic nitrogens is 3. The predicted octanol–water partition coefficient (Wildman–Crippen LogP) is 6.80. The molecular formula is C28H40N5OP. The lowest BCUT2D eigenvalue weighted by molar-refractivity contribution is 0.588. The van der Waals surface area contributed by atoms with Crippen molar-refractivity contribution in [2.75, 3.05) is 25.2 Å². The average molecular weight is 494 g/mol. The molecule has 0 saturated heterocycles. The first kappa shape index (κ1) is 28.3. The molecule has 0 bridgehead atoms. The van der Waals surface area contributed by atoms with Crippen molar-refractivity contribution < 1.29 is 4.57 Å². The molecule has 35 heavy (non-hydrogen) atoms. The first-order chi connectivity index (χ1) is 16.8. The van der Waals surface area contributed by atoms with Crippen LogP contribution in [0.25, 0.3) is 22.2 Å². The van der Waals surface area contributed by atoms with Crippen LogP contribution in [0.3, 0.4) is 0 Å². The van der Waals surface area contributed by atoms with Crippen LogP contribution in [0.15, 0.2) is 60.9 Å². The van der Waals surface area contributed by atoms with E-state index < -0.39 is 7.14 Å². The summed E-state index contributed by atoms with van der Waals surface area (Å²) in [5, 5.41) is 5.21. The van der Waals surface area contributed by atoms with Crippen LogP contribution in [0.4, 0.5) is 11.6 Å². The quantitative estimate of drug-likeness (QED) is 0.277. The van der Waals surface area contributed by atoms with Crippen LogP contribution in [0.5, 0.6) is 0 Å². The van der Waals surface area contributed by atoms with Gasteiger partial charge < -0.3 is 20.2 Å². The number of nitrogens with one attached hydrogen (secondary N) is 1. The maximum Gasteiger partial charge on any atom is 0.227 e. The van der Waals surface area contributed by atoms with Crippen molar-refractivity contribution in [3.63, 3.8) is 0 Å². The highest BCUT2D eigenvalue weighted by molar-refractivity contribution is 7.70. The van der Waals surface area contributed by atoms with E-state index in [1.54, 1.807) is 19.5 Å². The summed E-state index contributed by atoms with van der Waals surface area (Å²) in [5.74, 6) is 0.528. The highest BCUT2D eigenvalue weighted by atomic mass is 31.2. The summed E-state index contributed by atoms with van der Waals surface area (Å²) >= 11 is 0. The van der Waals surface area contributed by atoms with Crippen molar-refractivity contribution in [2.24, 2.45) is 5.73 Å². The van der Waals surface area contributed by atoms with Gasteiger partial charge in [0, 0.05) is 46.4 Å². The molecule has 3 N–H and O–H groups in total. The maximum atomic E-state index is 13.0. The van der Waals surface area contributed by atoms with E-state index in [0.717, 1.165) is 51.7 Å². The number of anilines is 2. The van der Waals surface area contributed by atoms with Gasteiger partial charge in [-0.15, -0.1) is 0 Å². The maximum absolute atomic E-state index is 13.0. The molecule has 0 fully saturated rings. The third-order valence-corrected chi connectivity index (χ3v) is 6.81. The van der Waals surface area contributed by atoms with Crippen LogP contribution >= 0.6 is 7.14 Å². The Morgan fingerprint density at radius 2 is 1.77 bits per heavy atom. The molecule has 0 spiro atoms. The molecule has 0 unspecified atom stereocenters. The Balaban J connectivity index is 0.00000103. The minimum absolute atomic E-state index is 0.528. The third kappa shape index (κ3) is 7.27. The summed E-state index contributed by atoms with van der Waals surface area (Å²) in [4.78, 5) is 9.16. The molecular weight excluding hydrogens is 453 g/mol. The minimum Gasteiger partial charge on any atom is -0.347 e. The van der Waals surface area contributed by atoms with Gasteiger partial charge in [0.2, 0.25) is 5.95 Å². The Labute approximate surface area is 210 Å². The lowest BCUT2D eigenvalue weighted by Gasteiger charge is -2.14. The van der Waals surface area contributed by atoms with Gasteiger partial charge in [-0.25, -0.2) is 9.97 Å². The number of hydrogen-bond donors (Lipinski definition) is 2. The second kappa shape index (κ2) is 13.2. The highest BCUT2D eigenvalue weighted by Crippen LogP contribution is 2.39. The molecule has 2 aromatic heterocycles. The van der Waals surface area contributed by atoms with E-state index in [2.05, 4.69) is 33.2 Å². The third-order valence-electron chi connectivity index (χ3n) is 5.30. The van der Waals surface area contributed by atoms with Crippen molar-refractivity contribution in [2.45, 2.75) is 47.6 Å². The Morgan fingerprint density at radius 3 is 2.43 bits per heavy atom. The molecule has 0 amide bonds. The number of aryl methyl sites for hydroxylation is 2. The lowest BCUT2D eigenvalue weighted by Crippen LogP contribution is -2.08. The van der Waals surface area contributed by atoms with Crippen molar-refractivity contribution in [3.05, 3.63) is 66.5 Å². The van der Waals surface area contributed by atoms with E-state index in [1.165, 1.54) is 0 Å². The molecule has 0 aliphatic rings. The highest BCUT2D eigenvalue weighted by Gasteiger charge is 2.18. The van der Waals surface area contributed by atoms with Gasteiger partial charge in [0.1, 0.15) is 7.14 Å². The number of hydrogen-bond acceptors (Lipinski definition) is 5. The van der Waals surface area contributed by atoms with E-state index in [-0.39, 0.29) is 0 Å². The van der Waals surface area contributed by atoms with Crippen LogP contribution in [0, 0.1) is 6.92 Å². The molecule has 0 saturated carbocycles. The molecule has 188 valence electrons. The number of nitrogens with two attached hydrogens (primary N) is 1. The standard InChI is InChI=1S/C24H28N5OP.2C2H6/c1-17-6-4-7-18(14-17)27-24-26-11-8-22(28-24)21-15-19(31(2,3)30)16-23-20(21)9-13-29(23)12-5-10-25;2*1-2/h4,6-9,11,13-16H,5,10,12,25H2,1-3H3,(H,26,27,28);2*1-2H3. The first-order valence-electron chi connectivity index (χ1n) is 12.4. The fourth-order valence-corrected chi connectivity index (χ4v) is 4.55. The second-order valence-corrected chi connectivity index (χ2v) is 11.4. The monoisotopic (exact) mass is 493 g/mol. The van der Waals surface area contributed by atoms with E-state index in [4.69, 9.17) is 10.7 Å². The van der Waals surface area contributed by atoms with Gasteiger partial charge in [0.25, 0.3) is 0 Å². The fourth-order valence-electron chi connectivity index (χ4n) is 3.68. The second-order valence-electron chi connectivity index (χ2n) is 8.19. The van der Waals surface area contributed by atoms with Crippen LogP contribution < -0.4 is 16.4 Å². The molecule has 2 aromatic carbocycles. The number of fused-ring (bicyclic) bond motifs is 1. The zero-order valence-electron chi connectivity index (χ0n) is 22.2. The summed E-state index contributed by atoms with van der Waals surface area (Å²) in [6.07, 6.45) is 4.70. The summed E-state index contributed by atoms with van der Waals surface area (Å²) in [5.41, 5.74) is 10.6. The average Bonchev–Trinajstić information content (AvgIpc) is 3.27. The van der Waals surface area contributed by atoms with E-state index in [1.807, 2.05) is 71.0 Å². The Morgan fingerprint density at radius 1 is 1.03 bits per heavy atom. The van der Waals surface area contributed by atoms with Gasteiger partial charge in [0.05, 0.1) is 5.69 Å². The largest absolute Gasteiger partial charge is 0.347 e.